The van der Waals surface area contributed by atoms with Crippen LogP contribution in [0.15, 0.2) is 17.0 Å². The summed E-state index contributed by atoms with van der Waals surface area (Å²) in [6.07, 6.45) is 0. The summed E-state index contributed by atoms with van der Waals surface area (Å²) in [6.45, 7) is 4.66. The minimum Gasteiger partial charge on any atom is -0.330 e. The van der Waals surface area contributed by atoms with E-state index in [1.54, 1.807) is 6.07 Å². The van der Waals surface area contributed by atoms with E-state index in [1.807, 2.05) is 18.4 Å². The Hall–Kier alpha value is -0.890. The van der Waals surface area contributed by atoms with Crippen molar-refractivity contribution in [2.24, 2.45) is 0 Å². The molecule has 1 atom stereocenters. The average molecular weight is 332 g/mol. The lowest BCUT2D eigenvalue weighted by Gasteiger charge is -2.24. The van der Waals surface area contributed by atoms with Crippen molar-refractivity contribution in [3.05, 3.63) is 21.9 Å². The standard InChI is InChI=1S/C12H14ClN3O2S2/c1-3-16-7(2)6-15-11-9(14-12(15)19)4-8(13)5-10(11)20(16,17)18/h4-5,7H,3,6H2,1-2H3,(H,14,19). The van der Waals surface area contributed by atoms with Gasteiger partial charge in [-0.2, -0.15) is 4.31 Å². The van der Waals surface area contributed by atoms with E-state index in [9.17, 15) is 8.42 Å². The molecule has 1 aromatic heterocycles. The van der Waals surface area contributed by atoms with Gasteiger partial charge < -0.3 is 9.55 Å². The summed E-state index contributed by atoms with van der Waals surface area (Å²) in [7, 11) is -3.57. The van der Waals surface area contributed by atoms with Crippen molar-refractivity contribution >= 4 is 44.9 Å². The monoisotopic (exact) mass is 331 g/mol. The number of H-pyrrole nitrogens is 1. The SMILES string of the molecule is CCN1C(C)Cn2c(=S)[nH]c3cc(Cl)cc(c32)S1(=O)=O. The van der Waals surface area contributed by atoms with Crippen LogP contribution in [-0.4, -0.2) is 34.9 Å². The molecule has 20 heavy (non-hydrogen) atoms. The van der Waals surface area contributed by atoms with Crippen LogP contribution in [0.1, 0.15) is 13.8 Å². The van der Waals surface area contributed by atoms with Gasteiger partial charge in [-0.1, -0.05) is 18.5 Å². The van der Waals surface area contributed by atoms with Gasteiger partial charge in [-0.3, -0.25) is 0 Å². The molecule has 108 valence electrons. The Bertz CT molecular complexity index is 853. The summed E-state index contributed by atoms with van der Waals surface area (Å²) in [6, 6.07) is 3.04. The number of halogens is 1. The number of nitrogens with zero attached hydrogens (tertiary/aromatic N) is 2. The number of aromatic amines is 1. The molecule has 0 aliphatic carbocycles. The first-order chi connectivity index (χ1) is 9.36. The molecule has 1 aliphatic rings. The predicted molar refractivity (Wildman–Crippen MR) is 81.2 cm³/mol. The van der Waals surface area contributed by atoms with Crippen molar-refractivity contribution in [2.45, 2.75) is 31.3 Å². The molecule has 2 heterocycles. The maximum absolute atomic E-state index is 12.8. The van der Waals surface area contributed by atoms with Gasteiger partial charge in [-0.25, -0.2) is 8.42 Å². The number of benzene rings is 1. The highest BCUT2D eigenvalue weighted by molar-refractivity contribution is 7.89. The highest BCUT2D eigenvalue weighted by atomic mass is 35.5. The van der Waals surface area contributed by atoms with E-state index in [1.165, 1.54) is 10.4 Å². The molecule has 1 aliphatic heterocycles. The molecule has 0 fully saturated rings. The van der Waals surface area contributed by atoms with Crippen molar-refractivity contribution in [1.29, 1.82) is 0 Å². The minimum absolute atomic E-state index is 0.165. The maximum atomic E-state index is 12.8. The lowest BCUT2D eigenvalue weighted by atomic mass is 10.3. The van der Waals surface area contributed by atoms with E-state index in [0.29, 0.717) is 33.9 Å². The molecule has 0 amide bonds. The molecule has 2 aromatic rings. The van der Waals surface area contributed by atoms with Crippen LogP contribution < -0.4 is 0 Å². The van der Waals surface area contributed by atoms with Crippen LogP contribution in [0.25, 0.3) is 11.0 Å². The van der Waals surface area contributed by atoms with Crippen LogP contribution >= 0.6 is 23.8 Å². The Morgan fingerprint density at radius 3 is 2.85 bits per heavy atom. The van der Waals surface area contributed by atoms with Crippen LogP contribution in [0.4, 0.5) is 0 Å². The van der Waals surface area contributed by atoms with Gasteiger partial charge in [0.05, 0.1) is 11.0 Å². The van der Waals surface area contributed by atoms with Gasteiger partial charge in [-0.15, -0.1) is 0 Å². The van der Waals surface area contributed by atoms with E-state index in [2.05, 4.69) is 4.98 Å². The molecule has 5 nitrogen and oxygen atoms in total. The zero-order chi connectivity index (χ0) is 14.7. The predicted octanol–water partition coefficient (Wildman–Crippen LogP) is 2.76. The second-order valence-corrected chi connectivity index (χ2v) is 7.58. The van der Waals surface area contributed by atoms with Crippen LogP contribution in [0.2, 0.25) is 5.02 Å². The van der Waals surface area contributed by atoms with E-state index < -0.39 is 10.0 Å². The number of likely N-dealkylation sites (N-methyl/N-ethyl adjacent to an activating group) is 1. The number of imidazole rings is 1. The molecule has 0 bridgehead atoms. The first kappa shape index (κ1) is 14.1. The molecule has 0 radical (unpaired) electrons. The molecule has 1 aromatic carbocycles. The number of sulfonamides is 1. The third-order valence-electron chi connectivity index (χ3n) is 3.63. The van der Waals surface area contributed by atoms with Crippen molar-refractivity contribution in [1.82, 2.24) is 13.9 Å². The third-order valence-corrected chi connectivity index (χ3v) is 6.28. The Labute approximate surface area is 127 Å². The Kier molecular flexibility index (Phi) is 3.20. The number of aromatic nitrogens is 2. The highest BCUT2D eigenvalue weighted by Crippen LogP contribution is 2.33. The van der Waals surface area contributed by atoms with Crippen molar-refractivity contribution < 1.29 is 8.42 Å². The van der Waals surface area contributed by atoms with Gasteiger partial charge >= 0.3 is 0 Å². The second-order valence-electron chi connectivity index (χ2n) is 4.90. The molecular formula is C12H14ClN3O2S2. The van der Waals surface area contributed by atoms with Crippen LogP contribution in [0, 0.1) is 4.77 Å². The van der Waals surface area contributed by atoms with Gasteiger partial charge in [0.15, 0.2) is 4.77 Å². The van der Waals surface area contributed by atoms with Crippen LogP contribution in [-0.2, 0) is 16.6 Å². The number of hydrogen-bond donors (Lipinski definition) is 1. The quantitative estimate of drug-likeness (QED) is 0.817. The fourth-order valence-electron chi connectivity index (χ4n) is 2.80. The molecule has 1 N–H and O–H groups in total. The minimum atomic E-state index is -3.57. The smallest absolute Gasteiger partial charge is 0.245 e. The molecule has 8 heteroatoms. The van der Waals surface area contributed by atoms with Crippen molar-refractivity contribution in [2.75, 3.05) is 6.54 Å². The molecule has 0 spiro atoms. The molecule has 0 saturated carbocycles. The van der Waals surface area contributed by atoms with E-state index in [-0.39, 0.29) is 10.9 Å². The summed E-state index contributed by atoms with van der Waals surface area (Å²) in [5.41, 5.74) is 1.27. The van der Waals surface area contributed by atoms with E-state index in [4.69, 9.17) is 23.8 Å². The average Bonchev–Trinajstić information content (AvgIpc) is 2.60. The number of hydrogen-bond acceptors (Lipinski definition) is 3. The Morgan fingerprint density at radius 1 is 1.50 bits per heavy atom. The summed E-state index contributed by atoms with van der Waals surface area (Å²) in [4.78, 5) is 3.25. The summed E-state index contributed by atoms with van der Waals surface area (Å²) >= 11 is 11.4. The first-order valence-electron chi connectivity index (χ1n) is 6.30. The summed E-state index contributed by atoms with van der Waals surface area (Å²) < 4.78 is 29.5. The lowest BCUT2D eigenvalue weighted by Crippen LogP contribution is -2.39. The largest absolute Gasteiger partial charge is 0.330 e. The Morgan fingerprint density at radius 2 is 2.20 bits per heavy atom. The zero-order valence-corrected chi connectivity index (χ0v) is 13.4. The van der Waals surface area contributed by atoms with Crippen LogP contribution in [0.5, 0.6) is 0 Å². The molecule has 0 saturated heterocycles. The van der Waals surface area contributed by atoms with Gasteiger partial charge in [0.25, 0.3) is 0 Å². The fourth-order valence-corrected chi connectivity index (χ4v) is 5.24. The lowest BCUT2D eigenvalue weighted by molar-refractivity contribution is 0.325. The van der Waals surface area contributed by atoms with Gasteiger partial charge in [0, 0.05) is 24.2 Å². The number of rotatable bonds is 1. The molecule has 1 unspecified atom stereocenters. The molecule has 3 rings (SSSR count). The van der Waals surface area contributed by atoms with Gasteiger partial charge in [-0.05, 0) is 31.3 Å². The highest BCUT2D eigenvalue weighted by Gasteiger charge is 2.34. The summed E-state index contributed by atoms with van der Waals surface area (Å²) in [5.74, 6) is 0. The van der Waals surface area contributed by atoms with Gasteiger partial charge in [0.2, 0.25) is 10.0 Å². The maximum Gasteiger partial charge on any atom is 0.245 e. The zero-order valence-electron chi connectivity index (χ0n) is 11.1. The fraction of sp³-hybridized carbons (Fsp3) is 0.417. The van der Waals surface area contributed by atoms with E-state index in [0.717, 1.165) is 0 Å². The second kappa shape index (κ2) is 4.56. The van der Waals surface area contributed by atoms with Crippen molar-refractivity contribution in [3.8, 4) is 0 Å². The van der Waals surface area contributed by atoms with E-state index >= 15 is 0 Å². The van der Waals surface area contributed by atoms with Gasteiger partial charge in [0.1, 0.15) is 4.90 Å². The molecular weight excluding hydrogens is 318 g/mol. The first-order valence-corrected chi connectivity index (χ1v) is 8.52. The topological polar surface area (TPSA) is 58.1 Å². The third kappa shape index (κ3) is 1.84. The Balaban J connectivity index is 2.50. The van der Waals surface area contributed by atoms with Crippen molar-refractivity contribution in [3.63, 3.8) is 0 Å². The van der Waals surface area contributed by atoms with Crippen LogP contribution in [0.3, 0.4) is 0 Å². The number of nitrogens with one attached hydrogen (secondary N) is 1. The summed E-state index contributed by atoms with van der Waals surface area (Å²) in [5, 5.41) is 0.380. The normalized spacial score (nSPS) is 22.1.